The van der Waals surface area contributed by atoms with E-state index in [-0.39, 0.29) is 12.1 Å². The maximum atomic E-state index is 12.0. The smallest absolute Gasteiger partial charge is 0.317 e. The van der Waals surface area contributed by atoms with Crippen LogP contribution >= 0.6 is 0 Å². The number of pyridine rings is 1. The summed E-state index contributed by atoms with van der Waals surface area (Å²) in [5.74, 6) is 0. The predicted octanol–water partition coefficient (Wildman–Crippen LogP) is 0.989. The van der Waals surface area contributed by atoms with Crippen molar-refractivity contribution in [3.63, 3.8) is 0 Å². The minimum atomic E-state index is -0.0993. The second kappa shape index (κ2) is 7.95. The molecule has 2 rings (SSSR count). The molecule has 1 saturated heterocycles. The minimum Gasteiger partial charge on any atom is -0.376 e. The van der Waals surface area contributed by atoms with Crippen LogP contribution in [0.4, 0.5) is 4.79 Å². The SMILES string of the molecule is Cc1cccnc1CCNC(=O)N(C)C[C@H]1COCCO1. The van der Waals surface area contributed by atoms with Gasteiger partial charge in [-0.15, -0.1) is 0 Å². The van der Waals surface area contributed by atoms with E-state index in [1.165, 1.54) is 0 Å². The topological polar surface area (TPSA) is 63.7 Å². The highest BCUT2D eigenvalue weighted by Gasteiger charge is 2.19. The van der Waals surface area contributed by atoms with E-state index in [0.717, 1.165) is 17.7 Å². The summed E-state index contributed by atoms with van der Waals surface area (Å²) in [6.07, 6.45) is 2.47. The van der Waals surface area contributed by atoms with E-state index in [1.807, 2.05) is 19.1 Å². The molecule has 0 aliphatic carbocycles. The molecule has 1 aliphatic rings. The van der Waals surface area contributed by atoms with Gasteiger partial charge in [-0.2, -0.15) is 0 Å². The average molecular weight is 293 g/mol. The Balaban J connectivity index is 1.70. The fourth-order valence-corrected chi connectivity index (χ4v) is 2.23. The van der Waals surface area contributed by atoms with Gasteiger partial charge in [0.2, 0.25) is 0 Å². The largest absolute Gasteiger partial charge is 0.376 e. The highest BCUT2D eigenvalue weighted by atomic mass is 16.6. The molecule has 1 N–H and O–H groups in total. The Morgan fingerprint density at radius 2 is 2.38 bits per heavy atom. The van der Waals surface area contributed by atoms with Gasteiger partial charge in [-0.25, -0.2) is 4.79 Å². The third-order valence-electron chi connectivity index (χ3n) is 3.47. The van der Waals surface area contributed by atoms with Crippen molar-refractivity contribution in [1.82, 2.24) is 15.2 Å². The number of hydrogen-bond acceptors (Lipinski definition) is 4. The molecule has 1 atom stereocenters. The Morgan fingerprint density at radius 1 is 1.52 bits per heavy atom. The van der Waals surface area contributed by atoms with Crippen LogP contribution in [0, 0.1) is 6.92 Å². The van der Waals surface area contributed by atoms with E-state index >= 15 is 0 Å². The molecule has 2 heterocycles. The van der Waals surface area contributed by atoms with E-state index in [9.17, 15) is 4.79 Å². The van der Waals surface area contributed by atoms with E-state index in [4.69, 9.17) is 9.47 Å². The summed E-state index contributed by atoms with van der Waals surface area (Å²) < 4.78 is 10.9. The number of aryl methyl sites for hydroxylation is 1. The fraction of sp³-hybridized carbons (Fsp3) is 0.600. The lowest BCUT2D eigenvalue weighted by Gasteiger charge is -2.27. The van der Waals surface area contributed by atoms with Gasteiger partial charge in [0, 0.05) is 31.9 Å². The maximum Gasteiger partial charge on any atom is 0.317 e. The normalized spacial score (nSPS) is 18.3. The number of urea groups is 1. The number of carbonyl (C=O) groups is 1. The number of aromatic nitrogens is 1. The Hall–Kier alpha value is -1.66. The van der Waals surface area contributed by atoms with Crippen molar-refractivity contribution in [2.24, 2.45) is 0 Å². The lowest BCUT2D eigenvalue weighted by Crippen LogP contribution is -2.45. The third-order valence-corrected chi connectivity index (χ3v) is 3.47. The van der Waals surface area contributed by atoms with Crippen molar-refractivity contribution in [3.05, 3.63) is 29.6 Å². The van der Waals surface area contributed by atoms with E-state index in [0.29, 0.717) is 32.9 Å². The molecule has 1 fully saturated rings. The van der Waals surface area contributed by atoms with Crippen molar-refractivity contribution in [2.45, 2.75) is 19.4 Å². The van der Waals surface area contributed by atoms with Gasteiger partial charge in [-0.05, 0) is 18.6 Å². The monoisotopic (exact) mass is 293 g/mol. The van der Waals surface area contributed by atoms with Crippen LogP contribution in [0.1, 0.15) is 11.3 Å². The van der Waals surface area contributed by atoms with Gasteiger partial charge in [0.1, 0.15) is 0 Å². The van der Waals surface area contributed by atoms with E-state index in [2.05, 4.69) is 10.3 Å². The van der Waals surface area contributed by atoms with Gasteiger partial charge in [0.05, 0.1) is 32.5 Å². The molecule has 1 aliphatic heterocycles. The molecule has 0 spiro atoms. The molecule has 1 aromatic heterocycles. The number of amides is 2. The number of carbonyl (C=O) groups excluding carboxylic acids is 1. The molecular weight excluding hydrogens is 270 g/mol. The molecule has 2 amide bonds. The minimum absolute atomic E-state index is 0.0347. The van der Waals surface area contributed by atoms with E-state index in [1.54, 1.807) is 18.1 Å². The summed E-state index contributed by atoms with van der Waals surface area (Å²) in [5, 5.41) is 2.90. The Morgan fingerprint density at radius 3 is 3.10 bits per heavy atom. The summed E-state index contributed by atoms with van der Waals surface area (Å²) in [4.78, 5) is 17.9. The Kier molecular flexibility index (Phi) is 5.95. The predicted molar refractivity (Wildman–Crippen MR) is 79.3 cm³/mol. The Bertz CT molecular complexity index is 461. The van der Waals surface area contributed by atoms with Gasteiger partial charge in [0.25, 0.3) is 0 Å². The number of ether oxygens (including phenoxy) is 2. The zero-order chi connectivity index (χ0) is 15.1. The number of hydrogen-bond donors (Lipinski definition) is 1. The lowest BCUT2D eigenvalue weighted by molar-refractivity contribution is -0.0928. The standard InChI is InChI=1S/C15H23N3O3/c1-12-4-3-6-16-14(12)5-7-17-15(19)18(2)10-13-11-20-8-9-21-13/h3-4,6,13H,5,7-11H2,1-2H3,(H,17,19)/t13-/m0/s1. The summed E-state index contributed by atoms with van der Waals surface area (Å²) in [6.45, 7) is 4.91. The Labute approximate surface area is 125 Å². The molecule has 0 radical (unpaired) electrons. The van der Waals surface area contributed by atoms with Crippen LogP contribution in [0.15, 0.2) is 18.3 Å². The highest BCUT2D eigenvalue weighted by molar-refractivity contribution is 5.73. The van der Waals surface area contributed by atoms with E-state index < -0.39 is 0 Å². The molecule has 0 saturated carbocycles. The first-order valence-electron chi connectivity index (χ1n) is 7.25. The second-order valence-corrected chi connectivity index (χ2v) is 5.20. The van der Waals surface area contributed by atoms with Crippen LogP contribution in [-0.4, -0.2) is 62.0 Å². The quantitative estimate of drug-likeness (QED) is 0.879. The summed E-state index contributed by atoms with van der Waals surface area (Å²) in [6, 6.07) is 3.84. The van der Waals surface area contributed by atoms with Crippen LogP contribution < -0.4 is 5.32 Å². The highest BCUT2D eigenvalue weighted by Crippen LogP contribution is 2.04. The molecule has 0 bridgehead atoms. The fourth-order valence-electron chi connectivity index (χ4n) is 2.23. The van der Waals surface area contributed by atoms with Crippen LogP contribution in [0.2, 0.25) is 0 Å². The second-order valence-electron chi connectivity index (χ2n) is 5.20. The van der Waals surface area contributed by atoms with Crippen LogP contribution in [-0.2, 0) is 15.9 Å². The number of rotatable bonds is 5. The van der Waals surface area contributed by atoms with Crippen LogP contribution in [0.3, 0.4) is 0 Å². The first-order chi connectivity index (χ1) is 10.2. The van der Waals surface area contributed by atoms with Gasteiger partial charge < -0.3 is 19.7 Å². The zero-order valence-electron chi connectivity index (χ0n) is 12.7. The first-order valence-corrected chi connectivity index (χ1v) is 7.25. The maximum absolute atomic E-state index is 12.0. The molecule has 0 aromatic carbocycles. The summed E-state index contributed by atoms with van der Waals surface area (Å²) in [7, 11) is 1.76. The number of nitrogens with zero attached hydrogens (tertiary/aromatic N) is 2. The van der Waals surface area contributed by atoms with Gasteiger partial charge in [0.15, 0.2) is 0 Å². The number of nitrogens with one attached hydrogen (secondary N) is 1. The lowest BCUT2D eigenvalue weighted by atomic mass is 10.2. The molecule has 21 heavy (non-hydrogen) atoms. The average Bonchev–Trinajstić information content (AvgIpc) is 2.50. The number of likely N-dealkylation sites (N-methyl/N-ethyl adjacent to an activating group) is 1. The van der Waals surface area contributed by atoms with Crippen molar-refractivity contribution < 1.29 is 14.3 Å². The van der Waals surface area contributed by atoms with Gasteiger partial charge in [-0.3, -0.25) is 4.98 Å². The van der Waals surface area contributed by atoms with Crippen molar-refractivity contribution in [1.29, 1.82) is 0 Å². The molecular formula is C15H23N3O3. The van der Waals surface area contributed by atoms with Crippen LogP contribution in [0.5, 0.6) is 0 Å². The third kappa shape index (κ3) is 4.99. The molecule has 1 aromatic rings. The van der Waals surface area contributed by atoms with Crippen molar-refractivity contribution in [3.8, 4) is 0 Å². The molecule has 116 valence electrons. The van der Waals surface area contributed by atoms with Crippen molar-refractivity contribution >= 4 is 6.03 Å². The molecule has 6 heteroatoms. The molecule has 0 unspecified atom stereocenters. The van der Waals surface area contributed by atoms with Gasteiger partial charge in [-0.1, -0.05) is 6.07 Å². The van der Waals surface area contributed by atoms with Gasteiger partial charge >= 0.3 is 6.03 Å². The zero-order valence-corrected chi connectivity index (χ0v) is 12.7. The molecule has 6 nitrogen and oxygen atoms in total. The summed E-state index contributed by atoms with van der Waals surface area (Å²) in [5.41, 5.74) is 2.16. The first kappa shape index (κ1) is 15.7. The van der Waals surface area contributed by atoms with Crippen LogP contribution in [0.25, 0.3) is 0 Å². The van der Waals surface area contributed by atoms with Crippen molar-refractivity contribution in [2.75, 3.05) is 40.0 Å². The summed E-state index contributed by atoms with van der Waals surface area (Å²) >= 11 is 0.